The maximum atomic E-state index is 11.2. The van der Waals surface area contributed by atoms with Gasteiger partial charge in [-0.05, 0) is 6.07 Å². The number of aliphatic carboxylic acids is 1. The van der Waals surface area contributed by atoms with Crippen LogP contribution in [0.1, 0.15) is 11.1 Å². The normalized spacial score (nSPS) is 15.5. The van der Waals surface area contributed by atoms with E-state index in [0.717, 1.165) is 5.39 Å². The Bertz CT molecular complexity index is 702. The summed E-state index contributed by atoms with van der Waals surface area (Å²) in [6.07, 6.45) is 6.78. The number of carboxylic acids is 1. The summed E-state index contributed by atoms with van der Waals surface area (Å²) in [5.41, 5.74) is 3.86. The summed E-state index contributed by atoms with van der Waals surface area (Å²) in [4.78, 5) is 11.2. The summed E-state index contributed by atoms with van der Waals surface area (Å²) in [6.45, 7) is -0.122. The molecule has 2 atom stereocenters. The molecule has 0 radical (unpaired) electrons. The molecular weight excluding hydrogens is 280 g/mol. The number of hydrogen-bond acceptors (Lipinski definition) is 3. The van der Waals surface area contributed by atoms with Crippen molar-refractivity contribution in [3.8, 4) is 12.3 Å². The second-order valence-corrected chi connectivity index (χ2v) is 4.90. The number of aromatic nitrogens is 1. The molecule has 1 aromatic carbocycles. The predicted molar refractivity (Wildman–Crippen MR) is 76.1 cm³/mol. The number of hydrogen-bond donors (Lipinski definition) is 3. The highest BCUT2D eigenvalue weighted by Gasteiger charge is 2.33. The third kappa shape index (κ3) is 2.37. The van der Waals surface area contributed by atoms with Crippen molar-refractivity contribution in [3.63, 3.8) is 0 Å². The van der Waals surface area contributed by atoms with Gasteiger partial charge in [0.2, 0.25) is 0 Å². The Kier molecular flexibility index (Phi) is 3.73. The minimum Gasteiger partial charge on any atom is -0.479 e. The van der Waals surface area contributed by atoms with Gasteiger partial charge in [0.1, 0.15) is 0 Å². The van der Waals surface area contributed by atoms with Gasteiger partial charge in [-0.3, -0.25) is 0 Å². The monoisotopic (exact) mass is 292 g/mol. The maximum Gasteiger partial charge on any atom is 0.338 e. The SMILES string of the molecule is C#CC(N)(Cn1cc(C(O)Cl)c2ccccc21)C(=O)O. The Balaban J connectivity index is 2.56. The van der Waals surface area contributed by atoms with Crippen LogP contribution in [0.4, 0.5) is 0 Å². The van der Waals surface area contributed by atoms with E-state index in [9.17, 15) is 9.90 Å². The number of para-hydroxylation sites is 1. The fraction of sp³-hybridized carbons (Fsp3) is 0.214. The van der Waals surface area contributed by atoms with Gasteiger partial charge in [0.15, 0.2) is 11.1 Å². The van der Waals surface area contributed by atoms with Crippen LogP contribution in [0.5, 0.6) is 0 Å². The van der Waals surface area contributed by atoms with E-state index in [2.05, 4.69) is 5.92 Å². The largest absolute Gasteiger partial charge is 0.479 e. The molecule has 0 amide bonds. The Morgan fingerprint density at radius 2 is 2.20 bits per heavy atom. The van der Waals surface area contributed by atoms with Gasteiger partial charge in [-0.2, -0.15) is 0 Å². The predicted octanol–water partition coefficient (Wildman–Crippen LogP) is 1.29. The lowest BCUT2D eigenvalue weighted by atomic mass is 10.0. The van der Waals surface area contributed by atoms with E-state index in [0.29, 0.717) is 11.1 Å². The van der Waals surface area contributed by atoms with Gasteiger partial charge in [-0.25, -0.2) is 4.79 Å². The molecule has 0 aliphatic heterocycles. The number of terminal acetylenes is 1. The Morgan fingerprint density at radius 3 is 2.75 bits per heavy atom. The summed E-state index contributed by atoms with van der Waals surface area (Å²) in [6, 6.07) is 7.14. The van der Waals surface area contributed by atoms with E-state index in [4.69, 9.17) is 28.9 Å². The van der Waals surface area contributed by atoms with E-state index in [1.807, 2.05) is 0 Å². The molecule has 4 N–H and O–H groups in total. The van der Waals surface area contributed by atoms with Gasteiger partial charge in [-0.15, -0.1) is 6.42 Å². The second kappa shape index (κ2) is 5.17. The fourth-order valence-electron chi connectivity index (χ4n) is 2.04. The first-order valence-corrected chi connectivity index (χ1v) is 6.22. The molecule has 2 rings (SSSR count). The second-order valence-electron chi connectivity index (χ2n) is 4.49. The minimum absolute atomic E-state index is 0.122. The molecule has 104 valence electrons. The molecule has 1 aromatic heterocycles. The number of alkyl halides is 1. The van der Waals surface area contributed by atoms with Gasteiger partial charge in [0.25, 0.3) is 0 Å². The third-order valence-electron chi connectivity index (χ3n) is 3.13. The zero-order valence-electron chi connectivity index (χ0n) is 10.5. The summed E-state index contributed by atoms with van der Waals surface area (Å²) < 4.78 is 1.59. The fourth-order valence-corrected chi connectivity index (χ4v) is 2.21. The van der Waals surface area contributed by atoms with Crippen LogP contribution in [0.15, 0.2) is 30.5 Å². The molecule has 0 bridgehead atoms. The molecule has 2 aromatic rings. The van der Waals surface area contributed by atoms with Gasteiger partial charge in [0, 0.05) is 22.7 Å². The number of aliphatic hydroxyl groups is 1. The van der Waals surface area contributed by atoms with Gasteiger partial charge in [-0.1, -0.05) is 35.7 Å². The van der Waals surface area contributed by atoms with Crippen molar-refractivity contribution in [2.45, 2.75) is 17.6 Å². The van der Waals surface area contributed by atoms with E-state index in [1.165, 1.54) is 0 Å². The number of benzene rings is 1. The van der Waals surface area contributed by atoms with Gasteiger partial charge < -0.3 is 20.5 Å². The van der Waals surface area contributed by atoms with Crippen LogP contribution in [0, 0.1) is 12.3 Å². The van der Waals surface area contributed by atoms with Crippen LogP contribution < -0.4 is 5.73 Å². The number of rotatable bonds is 4. The van der Waals surface area contributed by atoms with Crippen molar-refractivity contribution in [1.29, 1.82) is 0 Å². The molecule has 6 heteroatoms. The first-order chi connectivity index (χ1) is 9.39. The summed E-state index contributed by atoms with van der Waals surface area (Å²) in [7, 11) is 0. The average molecular weight is 293 g/mol. The number of nitrogens with zero attached hydrogens (tertiary/aromatic N) is 1. The molecule has 0 fully saturated rings. The Hall–Kier alpha value is -2.00. The molecule has 5 nitrogen and oxygen atoms in total. The van der Waals surface area contributed by atoms with Gasteiger partial charge >= 0.3 is 5.97 Å². The van der Waals surface area contributed by atoms with Crippen molar-refractivity contribution >= 4 is 28.5 Å². The molecule has 0 saturated heterocycles. The summed E-state index contributed by atoms with van der Waals surface area (Å²) in [5, 5.41) is 19.4. The highest BCUT2D eigenvalue weighted by Crippen LogP contribution is 2.29. The molecule has 1 heterocycles. The molecule has 0 saturated carbocycles. The van der Waals surface area contributed by atoms with Crippen LogP contribution in [0.2, 0.25) is 0 Å². The summed E-state index contributed by atoms with van der Waals surface area (Å²) in [5.74, 6) is 0.805. The van der Waals surface area contributed by atoms with Crippen molar-refractivity contribution < 1.29 is 15.0 Å². The van der Waals surface area contributed by atoms with Crippen molar-refractivity contribution in [2.75, 3.05) is 0 Å². The Labute approximate surface area is 120 Å². The third-order valence-corrected chi connectivity index (χ3v) is 3.37. The number of carboxylic acid groups (broad SMARTS) is 1. The molecule has 0 aliphatic rings. The van der Waals surface area contributed by atoms with E-state index < -0.39 is 17.1 Å². The van der Waals surface area contributed by atoms with Crippen LogP contribution in [-0.4, -0.2) is 26.3 Å². The quantitative estimate of drug-likeness (QED) is 0.585. The molecular formula is C14H13ClN2O3. The Morgan fingerprint density at radius 1 is 1.55 bits per heavy atom. The lowest BCUT2D eigenvalue weighted by Crippen LogP contribution is -2.50. The van der Waals surface area contributed by atoms with E-state index >= 15 is 0 Å². The van der Waals surface area contributed by atoms with Crippen molar-refractivity contribution in [1.82, 2.24) is 4.57 Å². The first-order valence-electron chi connectivity index (χ1n) is 5.79. The molecule has 20 heavy (non-hydrogen) atoms. The number of aliphatic hydroxyl groups excluding tert-OH is 1. The van der Waals surface area contributed by atoms with Crippen LogP contribution >= 0.6 is 11.6 Å². The number of halogens is 1. The first kappa shape index (κ1) is 14.4. The minimum atomic E-state index is -1.82. The highest BCUT2D eigenvalue weighted by molar-refractivity contribution is 6.20. The zero-order valence-corrected chi connectivity index (χ0v) is 11.2. The van der Waals surface area contributed by atoms with E-state index in [-0.39, 0.29) is 6.54 Å². The van der Waals surface area contributed by atoms with E-state index in [1.54, 1.807) is 35.0 Å². The molecule has 2 unspecified atom stereocenters. The number of carbonyl (C=O) groups is 1. The molecule has 0 aliphatic carbocycles. The molecule has 0 spiro atoms. The number of nitrogens with two attached hydrogens (primary N) is 1. The highest BCUT2D eigenvalue weighted by atomic mass is 35.5. The van der Waals surface area contributed by atoms with Crippen molar-refractivity contribution in [2.24, 2.45) is 5.73 Å². The standard InChI is InChI=1S/C14H13ClN2O3/c1-2-14(16,13(19)20)8-17-7-10(12(15)18)9-5-3-4-6-11(9)17/h1,3-7,12,18H,8,16H2,(H,19,20). The van der Waals surface area contributed by atoms with Crippen LogP contribution in [0.3, 0.4) is 0 Å². The van der Waals surface area contributed by atoms with Gasteiger partial charge in [0.05, 0.1) is 6.54 Å². The van der Waals surface area contributed by atoms with Crippen LogP contribution in [0.25, 0.3) is 10.9 Å². The van der Waals surface area contributed by atoms with Crippen molar-refractivity contribution in [3.05, 3.63) is 36.0 Å². The smallest absolute Gasteiger partial charge is 0.338 e. The zero-order chi connectivity index (χ0) is 14.9. The van der Waals surface area contributed by atoms with Crippen LogP contribution in [-0.2, 0) is 11.3 Å². The summed E-state index contributed by atoms with van der Waals surface area (Å²) >= 11 is 5.72. The number of fused-ring (bicyclic) bond motifs is 1. The topological polar surface area (TPSA) is 88.5 Å². The average Bonchev–Trinajstić information content (AvgIpc) is 2.77. The lowest BCUT2D eigenvalue weighted by Gasteiger charge is -2.19. The maximum absolute atomic E-state index is 11.2. The lowest BCUT2D eigenvalue weighted by molar-refractivity contribution is -0.141.